The zero-order valence-corrected chi connectivity index (χ0v) is 12.8. The second-order valence-electron chi connectivity index (χ2n) is 5.43. The van der Waals surface area contributed by atoms with E-state index in [1.165, 1.54) is 0 Å². The minimum absolute atomic E-state index is 0.0946. The number of aliphatic hydroxyl groups is 1. The molecule has 1 aliphatic rings. The van der Waals surface area contributed by atoms with Crippen LogP contribution in [0.5, 0.6) is 0 Å². The third-order valence-electron chi connectivity index (χ3n) is 3.67. The highest BCUT2D eigenvalue weighted by Gasteiger charge is 2.27. The summed E-state index contributed by atoms with van der Waals surface area (Å²) in [5.74, 6) is 0.788. The van der Waals surface area contributed by atoms with E-state index in [9.17, 15) is 9.90 Å². The Morgan fingerprint density at radius 1 is 1.37 bits per heavy atom. The largest absolute Gasteiger partial charge is 0.393 e. The molecule has 0 atom stereocenters. The first kappa shape index (κ1) is 14.7. The smallest absolute Gasteiger partial charge is 0.164 e. The molecule has 4 heteroatoms. The van der Waals surface area contributed by atoms with Gasteiger partial charge in [-0.3, -0.25) is 4.79 Å². The minimum Gasteiger partial charge on any atom is -0.393 e. The fourth-order valence-electron chi connectivity index (χ4n) is 2.45. The van der Waals surface area contributed by atoms with Crippen molar-refractivity contribution in [1.29, 1.82) is 0 Å². The first-order valence-corrected chi connectivity index (χ1v) is 7.49. The first-order valence-electron chi connectivity index (χ1n) is 6.70. The lowest BCUT2D eigenvalue weighted by Crippen LogP contribution is -2.37. The maximum atomic E-state index is 12.0. The van der Waals surface area contributed by atoms with Gasteiger partial charge in [-0.1, -0.05) is 28.1 Å². The van der Waals surface area contributed by atoms with Gasteiger partial charge in [0.2, 0.25) is 0 Å². The molecule has 2 rings (SSSR count). The van der Waals surface area contributed by atoms with Crippen LogP contribution in [0.3, 0.4) is 0 Å². The molecule has 1 saturated carbocycles. The second kappa shape index (κ2) is 6.64. The lowest BCUT2D eigenvalue weighted by molar-refractivity contribution is 0.0281. The summed E-state index contributed by atoms with van der Waals surface area (Å²) in [4.78, 5) is 14.2. The van der Waals surface area contributed by atoms with Gasteiger partial charge in [0.25, 0.3) is 0 Å². The maximum absolute atomic E-state index is 12.0. The Morgan fingerprint density at radius 3 is 2.58 bits per heavy atom. The molecule has 1 aromatic carbocycles. The number of rotatable bonds is 6. The van der Waals surface area contributed by atoms with E-state index in [1.54, 1.807) is 0 Å². The summed E-state index contributed by atoms with van der Waals surface area (Å²) in [5, 5.41) is 9.24. The van der Waals surface area contributed by atoms with Crippen LogP contribution in [0.2, 0.25) is 0 Å². The number of hydrogen-bond acceptors (Lipinski definition) is 3. The molecule has 0 unspecified atom stereocenters. The molecule has 0 spiro atoms. The number of carbonyl (C=O) groups excluding carboxylic acids is 1. The van der Waals surface area contributed by atoms with Gasteiger partial charge in [-0.2, -0.15) is 0 Å². The number of hydrogen-bond donors (Lipinski definition) is 1. The standard InChI is InChI=1S/C15H20BrNO2/c1-17(10-11-8-14(18)9-11)7-6-15(19)12-2-4-13(16)5-3-12/h2-5,11,14,18H,6-10H2,1H3. The minimum atomic E-state index is -0.0946. The third-order valence-corrected chi connectivity index (χ3v) is 4.20. The number of carbonyl (C=O) groups is 1. The van der Waals surface area contributed by atoms with E-state index in [-0.39, 0.29) is 11.9 Å². The Morgan fingerprint density at radius 2 is 2.00 bits per heavy atom. The summed E-state index contributed by atoms with van der Waals surface area (Å²) in [7, 11) is 2.04. The van der Waals surface area contributed by atoms with E-state index in [0.717, 1.165) is 36.0 Å². The molecule has 1 aromatic rings. The number of halogens is 1. The molecule has 0 aromatic heterocycles. The van der Waals surface area contributed by atoms with Crippen molar-refractivity contribution in [1.82, 2.24) is 4.90 Å². The molecule has 0 radical (unpaired) electrons. The van der Waals surface area contributed by atoms with Gasteiger partial charge in [-0.15, -0.1) is 0 Å². The predicted octanol–water partition coefficient (Wildman–Crippen LogP) is 2.72. The monoisotopic (exact) mass is 325 g/mol. The molecule has 3 nitrogen and oxygen atoms in total. The van der Waals surface area contributed by atoms with E-state index < -0.39 is 0 Å². The topological polar surface area (TPSA) is 40.5 Å². The number of ketones is 1. The Kier molecular flexibility index (Phi) is 5.13. The number of Topliss-reactive ketones (excluding diaryl/α,β-unsaturated/α-hetero) is 1. The van der Waals surface area contributed by atoms with Crippen LogP contribution in [0, 0.1) is 5.92 Å². The molecule has 0 aliphatic heterocycles. The Balaban J connectivity index is 1.72. The quantitative estimate of drug-likeness (QED) is 0.817. The van der Waals surface area contributed by atoms with Crippen molar-refractivity contribution in [2.75, 3.05) is 20.1 Å². The van der Waals surface area contributed by atoms with Gasteiger partial charge >= 0.3 is 0 Å². The van der Waals surface area contributed by atoms with E-state index in [4.69, 9.17) is 0 Å². The number of aliphatic hydroxyl groups excluding tert-OH is 1. The Labute approximate surface area is 122 Å². The van der Waals surface area contributed by atoms with Crippen LogP contribution in [0.1, 0.15) is 29.6 Å². The summed E-state index contributed by atoms with van der Waals surface area (Å²) in [5.41, 5.74) is 0.774. The number of nitrogens with zero attached hydrogens (tertiary/aromatic N) is 1. The van der Waals surface area contributed by atoms with E-state index >= 15 is 0 Å². The predicted molar refractivity (Wildman–Crippen MR) is 79.3 cm³/mol. The van der Waals surface area contributed by atoms with Crippen molar-refractivity contribution >= 4 is 21.7 Å². The van der Waals surface area contributed by atoms with Gasteiger partial charge in [0.1, 0.15) is 0 Å². The summed E-state index contributed by atoms with van der Waals surface area (Å²) in [6, 6.07) is 7.50. The normalized spacial score (nSPS) is 22.3. The first-order chi connectivity index (χ1) is 9.04. The van der Waals surface area contributed by atoms with Gasteiger partial charge in [-0.05, 0) is 37.9 Å². The summed E-state index contributed by atoms with van der Waals surface area (Å²) < 4.78 is 0.990. The van der Waals surface area contributed by atoms with Gasteiger partial charge in [0, 0.05) is 29.5 Å². The van der Waals surface area contributed by atoms with Crippen LogP contribution in [-0.4, -0.2) is 42.0 Å². The highest BCUT2D eigenvalue weighted by molar-refractivity contribution is 9.10. The van der Waals surface area contributed by atoms with Crippen molar-refractivity contribution in [3.8, 4) is 0 Å². The highest BCUT2D eigenvalue weighted by Crippen LogP contribution is 2.27. The molecule has 0 amide bonds. The third kappa shape index (κ3) is 4.41. The highest BCUT2D eigenvalue weighted by atomic mass is 79.9. The lowest BCUT2D eigenvalue weighted by Gasteiger charge is -2.34. The summed E-state index contributed by atoms with van der Waals surface area (Å²) in [6.45, 7) is 1.76. The van der Waals surface area contributed by atoms with Gasteiger partial charge in [0.05, 0.1) is 6.10 Å². The zero-order valence-electron chi connectivity index (χ0n) is 11.2. The molecule has 19 heavy (non-hydrogen) atoms. The van der Waals surface area contributed by atoms with Crippen LogP contribution in [-0.2, 0) is 0 Å². The van der Waals surface area contributed by atoms with E-state index in [2.05, 4.69) is 20.8 Å². The molecular weight excluding hydrogens is 306 g/mol. The molecular formula is C15H20BrNO2. The molecule has 1 fully saturated rings. The van der Waals surface area contributed by atoms with Gasteiger partial charge in [0.15, 0.2) is 5.78 Å². The van der Waals surface area contributed by atoms with Crippen molar-refractivity contribution in [3.05, 3.63) is 34.3 Å². The van der Waals surface area contributed by atoms with Gasteiger partial charge < -0.3 is 10.0 Å². The van der Waals surface area contributed by atoms with Crippen molar-refractivity contribution in [2.24, 2.45) is 5.92 Å². The Bertz CT molecular complexity index is 426. The lowest BCUT2D eigenvalue weighted by atomic mass is 9.82. The SMILES string of the molecule is CN(CCC(=O)c1ccc(Br)cc1)CC1CC(O)C1. The van der Waals surface area contributed by atoms with E-state index in [1.807, 2.05) is 31.3 Å². The second-order valence-corrected chi connectivity index (χ2v) is 6.35. The molecule has 0 heterocycles. The molecule has 0 saturated heterocycles. The number of benzene rings is 1. The average molecular weight is 326 g/mol. The van der Waals surface area contributed by atoms with Gasteiger partial charge in [-0.25, -0.2) is 0 Å². The van der Waals surface area contributed by atoms with Crippen LogP contribution in [0.15, 0.2) is 28.7 Å². The maximum Gasteiger partial charge on any atom is 0.164 e. The van der Waals surface area contributed by atoms with Crippen LogP contribution >= 0.6 is 15.9 Å². The molecule has 1 aliphatic carbocycles. The fraction of sp³-hybridized carbons (Fsp3) is 0.533. The van der Waals surface area contributed by atoms with Crippen LogP contribution in [0.4, 0.5) is 0 Å². The average Bonchev–Trinajstić information content (AvgIpc) is 2.35. The summed E-state index contributed by atoms with van der Waals surface area (Å²) in [6.07, 6.45) is 2.27. The van der Waals surface area contributed by atoms with Crippen molar-refractivity contribution in [3.63, 3.8) is 0 Å². The Hall–Kier alpha value is -0.710. The van der Waals surface area contributed by atoms with Crippen LogP contribution in [0.25, 0.3) is 0 Å². The molecule has 0 bridgehead atoms. The zero-order chi connectivity index (χ0) is 13.8. The fourth-order valence-corrected chi connectivity index (χ4v) is 2.72. The molecule has 104 valence electrons. The van der Waals surface area contributed by atoms with E-state index in [0.29, 0.717) is 12.3 Å². The van der Waals surface area contributed by atoms with Crippen molar-refractivity contribution < 1.29 is 9.90 Å². The van der Waals surface area contributed by atoms with Crippen LogP contribution < -0.4 is 0 Å². The van der Waals surface area contributed by atoms with Crippen molar-refractivity contribution in [2.45, 2.75) is 25.4 Å². The summed E-state index contributed by atoms with van der Waals surface area (Å²) >= 11 is 3.36. The molecule has 1 N–H and O–H groups in total.